The van der Waals surface area contributed by atoms with Crippen LogP contribution in [0.15, 0.2) is 42.5 Å². The lowest BCUT2D eigenvalue weighted by molar-refractivity contribution is 0.0338. The average molecular weight is 374 g/mol. The van der Waals surface area contributed by atoms with Crippen molar-refractivity contribution in [3.63, 3.8) is 0 Å². The van der Waals surface area contributed by atoms with Gasteiger partial charge in [-0.3, -0.25) is 0 Å². The number of hydrogen-bond acceptors (Lipinski definition) is 3. The smallest absolute Gasteiger partial charge is 0.339 e. The van der Waals surface area contributed by atoms with Gasteiger partial charge < -0.3 is 9.84 Å². The summed E-state index contributed by atoms with van der Waals surface area (Å²) in [5.41, 5.74) is 0.292. The highest BCUT2D eigenvalue weighted by Gasteiger charge is 2.23. The Morgan fingerprint density at radius 3 is 2.30 bits per heavy atom. The molecule has 4 nitrogen and oxygen atoms in total. The molecule has 0 aromatic heterocycles. The van der Waals surface area contributed by atoms with Gasteiger partial charge in [0.05, 0.1) is 17.0 Å². The molecule has 0 amide bonds. The zero-order valence-electron chi connectivity index (χ0n) is 11.6. The Bertz CT molecular complexity index is 746. The lowest BCUT2D eigenvalue weighted by Crippen LogP contribution is -2.16. The first-order chi connectivity index (χ1) is 10.9. The predicted molar refractivity (Wildman–Crippen MR) is 88.7 cm³/mol. The maximum atomic E-state index is 12.3. The highest BCUT2D eigenvalue weighted by molar-refractivity contribution is 6.35. The highest BCUT2D eigenvalue weighted by atomic mass is 35.5. The van der Waals surface area contributed by atoms with Crippen LogP contribution in [0.4, 0.5) is 0 Å². The van der Waals surface area contributed by atoms with Crippen LogP contribution in [0.2, 0.25) is 10.0 Å². The number of hydrogen-bond donors (Lipinski definition) is 1. The van der Waals surface area contributed by atoms with Crippen LogP contribution < -0.4 is 0 Å². The Kier molecular flexibility index (Phi) is 5.88. The summed E-state index contributed by atoms with van der Waals surface area (Å²) >= 11 is 17.8. The molecule has 23 heavy (non-hydrogen) atoms. The Balaban J connectivity index is 2.29. The maximum absolute atomic E-state index is 12.3. The van der Waals surface area contributed by atoms with Gasteiger partial charge in [0.2, 0.25) is 0 Å². The topological polar surface area (TPSA) is 63.6 Å². The van der Waals surface area contributed by atoms with Crippen molar-refractivity contribution in [2.24, 2.45) is 0 Å². The SMILES string of the molecule is O=C(O)c1ccccc1C(=O)O[C@H](CCl)c1ccc(Cl)cc1Cl. The third-order valence-electron chi connectivity index (χ3n) is 3.08. The van der Waals surface area contributed by atoms with Gasteiger partial charge >= 0.3 is 11.9 Å². The van der Waals surface area contributed by atoms with E-state index >= 15 is 0 Å². The van der Waals surface area contributed by atoms with Crippen LogP contribution in [-0.2, 0) is 4.74 Å². The van der Waals surface area contributed by atoms with E-state index in [4.69, 9.17) is 44.6 Å². The summed E-state index contributed by atoms with van der Waals surface area (Å²) in [5, 5.41) is 9.88. The third-order valence-corrected chi connectivity index (χ3v) is 3.92. The van der Waals surface area contributed by atoms with E-state index in [0.29, 0.717) is 15.6 Å². The molecular weight excluding hydrogens is 363 g/mol. The van der Waals surface area contributed by atoms with Gasteiger partial charge in [-0.1, -0.05) is 41.4 Å². The third kappa shape index (κ3) is 4.16. The first-order valence-corrected chi connectivity index (χ1v) is 7.77. The number of carbonyl (C=O) groups excluding carboxylic acids is 1. The molecule has 2 rings (SSSR count). The van der Waals surface area contributed by atoms with Crippen LogP contribution in [0.1, 0.15) is 32.4 Å². The summed E-state index contributed by atoms with van der Waals surface area (Å²) in [4.78, 5) is 23.5. The van der Waals surface area contributed by atoms with Crippen molar-refractivity contribution >= 4 is 46.7 Å². The van der Waals surface area contributed by atoms with E-state index in [9.17, 15) is 9.59 Å². The van der Waals surface area contributed by atoms with E-state index in [1.54, 1.807) is 18.2 Å². The largest absolute Gasteiger partial charge is 0.478 e. The van der Waals surface area contributed by atoms with Gasteiger partial charge in [0, 0.05) is 15.6 Å². The highest BCUT2D eigenvalue weighted by Crippen LogP contribution is 2.30. The molecule has 0 aliphatic rings. The van der Waals surface area contributed by atoms with Crippen molar-refractivity contribution in [1.82, 2.24) is 0 Å². The summed E-state index contributed by atoms with van der Waals surface area (Å²) in [5.74, 6) is -2.05. The zero-order valence-corrected chi connectivity index (χ0v) is 13.9. The minimum atomic E-state index is -1.22. The Morgan fingerprint density at radius 2 is 1.74 bits per heavy atom. The van der Waals surface area contributed by atoms with Gasteiger partial charge in [0.1, 0.15) is 6.10 Å². The number of carboxylic acids is 1. The number of carboxylic acid groups (broad SMARTS) is 1. The second-order valence-corrected chi connectivity index (χ2v) is 5.72. The van der Waals surface area contributed by atoms with E-state index in [-0.39, 0.29) is 17.0 Å². The number of halogens is 3. The van der Waals surface area contributed by atoms with Crippen molar-refractivity contribution in [2.45, 2.75) is 6.10 Å². The quantitative estimate of drug-likeness (QED) is 0.602. The molecule has 0 spiro atoms. The van der Waals surface area contributed by atoms with Crippen molar-refractivity contribution in [3.8, 4) is 0 Å². The molecule has 0 saturated heterocycles. The fraction of sp³-hybridized carbons (Fsp3) is 0.125. The van der Waals surface area contributed by atoms with E-state index < -0.39 is 18.0 Å². The average Bonchev–Trinajstić information content (AvgIpc) is 2.53. The standard InChI is InChI=1S/C16H11Cl3O4/c17-8-14(12-6-5-9(18)7-13(12)19)23-16(22)11-4-2-1-3-10(11)15(20)21/h1-7,14H,8H2,(H,20,21)/t14-/m1/s1. The van der Waals surface area contributed by atoms with Crippen LogP contribution in [0.3, 0.4) is 0 Å². The second kappa shape index (κ2) is 7.68. The minimum Gasteiger partial charge on any atom is -0.478 e. The van der Waals surface area contributed by atoms with Gasteiger partial charge in [0.25, 0.3) is 0 Å². The Morgan fingerprint density at radius 1 is 1.09 bits per heavy atom. The monoisotopic (exact) mass is 372 g/mol. The van der Waals surface area contributed by atoms with Crippen LogP contribution >= 0.6 is 34.8 Å². The van der Waals surface area contributed by atoms with Crippen LogP contribution in [-0.4, -0.2) is 22.9 Å². The number of benzene rings is 2. The molecule has 0 heterocycles. The van der Waals surface area contributed by atoms with Gasteiger partial charge in [-0.15, -0.1) is 11.6 Å². The predicted octanol–water partition coefficient (Wildman–Crippen LogP) is 4.83. The van der Waals surface area contributed by atoms with Gasteiger partial charge in [0.15, 0.2) is 0 Å². The Hall–Kier alpha value is -1.75. The minimum absolute atomic E-state index is 0.0394. The molecule has 2 aromatic rings. The van der Waals surface area contributed by atoms with E-state index in [1.165, 1.54) is 24.3 Å². The number of carbonyl (C=O) groups is 2. The van der Waals surface area contributed by atoms with Crippen molar-refractivity contribution < 1.29 is 19.4 Å². The van der Waals surface area contributed by atoms with Crippen molar-refractivity contribution in [1.29, 1.82) is 0 Å². The fourth-order valence-corrected chi connectivity index (χ4v) is 2.74. The molecule has 0 bridgehead atoms. The summed E-state index contributed by atoms with van der Waals surface area (Å²) in [7, 11) is 0. The van der Waals surface area contributed by atoms with E-state index in [2.05, 4.69) is 0 Å². The molecule has 120 valence electrons. The van der Waals surface area contributed by atoms with Crippen LogP contribution in [0.25, 0.3) is 0 Å². The zero-order chi connectivity index (χ0) is 17.0. The molecule has 1 atom stereocenters. The van der Waals surface area contributed by atoms with Crippen LogP contribution in [0.5, 0.6) is 0 Å². The molecule has 1 N–H and O–H groups in total. The molecule has 0 aliphatic heterocycles. The molecule has 0 radical (unpaired) electrons. The summed E-state index contributed by atoms with van der Waals surface area (Å²) < 4.78 is 5.32. The molecule has 2 aromatic carbocycles. The van der Waals surface area contributed by atoms with Gasteiger partial charge in [-0.2, -0.15) is 0 Å². The summed E-state index contributed by atoms with van der Waals surface area (Å²) in [6.07, 6.45) is -0.823. The first-order valence-electron chi connectivity index (χ1n) is 6.48. The van der Waals surface area contributed by atoms with E-state index in [1.807, 2.05) is 0 Å². The molecular formula is C16H11Cl3O4. The number of rotatable bonds is 5. The maximum Gasteiger partial charge on any atom is 0.339 e. The van der Waals surface area contributed by atoms with Crippen LogP contribution in [0, 0.1) is 0 Å². The van der Waals surface area contributed by atoms with Gasteiger partial charge in [-0.05, 0) is 24.3 Å². The molecule has 0 fully saturated rings. The lowest BCUT2D eigenvalue weighted by Gasteiger charge is -2.17. The molecule has 0 unspecified atom stereocenters. The molecule has 0 saturated carbocycles. The Labute approximate surface area is 147 Å². The lowest BCUT2D eigenvalue weighted by atomic mass is 10.1. The van der Waals surface area contributed by atoms with Gasteiger partial charge in [-0.25, -0.2) is 9.59 Å². The number of aromatic carboxylic acids is 1. The number of ether oxygens (including phenoxy) is 1. The second-order valence-electron chi connectivity index (χ2n) is 4.56. The van der Waals surface area contributed by atoms with Crippen molar-refractivity contribution in [2.75, 3.05) is 5.88 Å². The normalized spacial score (nSPS) is 11.8. The number of alkyl halides is 1. The van der Waals surface area contributed by atoms with E-state index in [0.717, 1.165) is 0 Å². The van der Waals surface area contributed by atoms with Crippen molar-refractivity contribution in [3.05, 3.63) is 69.2 Å². The summed E-state index contributed by atoms with van der Waals surface area (Å²) in [6.45, 7) is 0. The first kappa shape index (κ1) is 17.6. The summed E-state index contributed by atoms with van der Waals surface area (Å²) in [6, 6.07) is 10.5. The molecule has 0 aliphatic carbocycles. The fourth-order valence-electron chi connectivity index (χ4n) is 1.98. The molecule has 7 heteroatoms. The number of esters is 1.